The number of aliphatic carboxylic acids is 1. The van der Waals surface area contributed by atoms with Gasteiger partial charge in [0.25, 0.3) is 0 Å². The van der Waals surface area contributed by atoms with Gasteiger partial charge < -0.3 is 14.9 Å². The van der Waals surface area contributed by atoms with Gasteiger partial charge in [0.2, 0.25) is 5.91 Å². The van der Waals surface area contributed by atoms with E-state index in [0.29, 0.717) is 31.5 Å². The average molecular weight is 359 g/mol. The van der Waals surface area contributed by atoms with E-state index in [2.05, 4.69) is 23.7 Å². The molecule has 1 N–H and O–H groups in total. The smallest absolute Gasteiger partial charge is 0.309 e. The van der Waals surface area contributed by atoms with Crippen molar-refractivity contribution in [3.8, 4) is 0 Å². The molecular formula is C20H29N3O3. The summed E-state index contributed by atoms with van der Waals surface area (Å²) in [5, 5.41) is 9.58. The van der Waals surface area contributed by atoms with Crippen molar-refractivity contribution in [1.82, 2.24) is 14.8 Å². The minimum atomic E-state index is -0.846. The zero-order valence-corrected chi connectivity index (χ0v) is 15.7. The standard InChI is InChI=1S/C20H29N3O3/c1-14(2)22-9-6-15(7-10-22)11-19(24)23-12-16(17(13-23)20(25)26)18-5-3-4-8-21-18/h3-5,8,14-17H,6-7,9-13H2,1-2H3,(H,25,26)/t16-,17-/m1/s1. The summed E-state index contributed by atoms with van der Waals surface area (Å²) in [5.41, 5.74) is 0.764. The molecule has 2 fully saturated rings. The first-order valence-electron chi connectivity index (χ1n) is 9.61. The summed E-state index contributed by atoms with van der Waals surface area (Å²) in [7, 11) is 0. The second kappa shape index (κ2) is 8.16. The number of rotatable bonds is 5. The van der Waals surface area contributed by atoms with Crippen molar-refractivity contribution in [2.24, 2.45) is 11.8 Å². The van der Waals surface area contributed by atoms with E-state index >= 15 is 0 Å². The molecule has 1 amide bonds. The highest BCUT2D eigenvalue weighted by Gasteiger charge is 2.41. The van der Waals surface area contributed by atoms with Crippen molar-refractivity contribution in [3.63, 3.8) is 0 Å². The fraction of sp³-hybridized carbons (Fsp3) is 0.650. The third-order valence-corrected chi connectivity index (χ3v) is 5.90. The Bertz CT molecular complexity index is 626. The molecule has 0 spiro atoms. The van der Waals surface area contributed by atoms with Crippen LogP contribution in [0.15, 0.2) is 24.4 Å². The first-order valence-corrected chi connectivity index (χ1v) is 9.61. The number of hydrogen-bond donors (Lipinski definition) is 1. The third kappa shape index (κ3) is 4.23. The highest BCUT2D eigenvalue weighted by Crippen LogP contribution is 2.33. The van der Waals surface area contributed by atoms with Gasteiger partial charge in [0.05, 0.1) is 5.92 Å². The lowest BCUT2D eigenvalue weighted by atomic mass is 9.92. The first-order chi connectivity index (χ1) is 12.5. The summed E-state index contributed by atoms with van der Waals surface area (Å²) in [4.78, 5) is 33.0. The summed E-state index contributed by atoms with van der Waals surface area (Å²) in [6.07, 6.45) is 4.31. The van der Waals surface area contributed by atoms with E-state index in [1.54, 1.807) is 11.1 Å². The molecule has 3 rings (SSSR count). The van der Waals surface area contributed by atoms with E-state index in [9.17, 15) is 14.7 Å². The summed E-state index contributed by atoms with van der Waals surface area (Å²) in [6.45, 7) is 7.25. The molecule has 6 heteroatoms. The van der Waals surface area contributed by atoms with Crippen molar-refractivity contribution in [3.05, 3.63) is 30.1 Å². The van der Waals surface area contributed by atoms with Gasteiger partial charge in [0.1, 0.15) is 0 Å². The largest absolute Gasteiger partial charge is 0.481 e. The number of likely N-dealkylation sites (tertiary alicyclic amines) is 2. The molecule has 0 aromatic carbocycles. The topological polar surface area (TPSA) is 73.7 Å². The van der Waals surface area contributed by atoms with Crippen LogP contribution in [-0.4, -0.2) is 64.0 Å². The Morgan fingerprint density at radius 2 is 1.96 bits per heavy atom. The number of pyridine rings is 1. The molecule has 0 saturated carbocycles. The average Bonchev–Trinajstić information content (AvgIpc) is 3.09. The first kappa shape index (κ1) is 18.8. The molecule has 1 aromatic heterocycles. The fourth-order valence-electron chi connectivity index (χ4n) is 4.20. The minimum absolute atomic E-state index is 0.0951. The predicted molar refractivity (Wildman–Crippen MR) is 98.7 cm³/mol. The lowest BCUT2D eigenvalue weighted by Gasteiger charge is -2.34. The molecule has 2 aliphatic rings. The van der Waals surface area contributed by atoms with Crippen molar-refractivity contribution in [2.75, 3.05) is 26.2 Å². The van der Waals surface area contributed by atoms with Gasteiger partial charge in [-0.2, -0.15) is 0 Å². The second-order valence-corrected chi connectivity index (χ2v) is 7.88. The number of piperidine rings is 1. The Morgan fingerprint density at radius 3 is 2.54 bits per heavy atom. The molecule has 6 nitrogen and oxygen atoms in total. The Hall–Kier alpha value is -1.95. The van der Waals surface area contributed by atoms with Crippen LogP contribution in [0, 0.1) is 11.8 Å². The number of carbonyl (C=O) groups excluding carboxylic acids is 1. The lowest BCUT2D eigenvalue weighted by Crippen LogP contribution is -2.40. The molecule has 0 bridgehead atoms. The third-order valence-electron chi connectivity index (χ3n) is 5.90. The number of amides is 1. The molecule has 26 heavy (non-hydrogen) atoms. The molecule has 0 radical (unpaired) electrons. The second-order valence-electron chi connectivity index (χ2n) is 7.88. The number of carboxylic acids is 1. The maximum atomic E-state index is 12.8. The lowest BCUT2D eigenvalue weighted by molar-refractivity contribution is -0.142. The van der Waals surface area contributed by atoms with Gasteiger partial charge in [-0.15, -0.1) is 0 Å². The number of hydrogen-bond acceptors (Lipinski definition) is 4. The Balaban J connectivity index is 1.59. The van der Waals surface area contributed by atoms with Gasteiger partial charge in [-0.3, -0.25) is 14.6 Å². The molecule has 2 saturated heterocycles. The van der Waals surface area contributed by atoms with E-state index in [-0.39, 0.29) is 11.8 Å². The van der Waals surface area contributed by atoms with Gasteiger partial charge in [0.15, 0.2) is 0 Å². The Labute approximate surface area is 155 Å². The highest BCUT2D eigenvalue weighted by atomic mass is 16.4. The number of aromatic nitrogens is 1. The van der Waals surface area contributed by atoms with Crippen molar-refractivity contribution in [2.45, 2.75) is 45.1 Å². The molecule has 142 valence electrons. The van der Waals surface area contributed by atoms with Gasteiger partial charge in [-0.05, 0) is 57.8 Å². The zero-order chi connectivity index (χ0) is 18.7. The van der Waals surface area contributed by atoms with Crippen LogP contribution in [0.25, 0.3) is 0 Å². The van der Waals surface area contributed by atoms with Crippen LogP contribution in [0.2, 0.25) is 0 Å². The minimum Gasteiger partial charge on any atom is -0.481 e. The van der Waals surface area contributed by atoms with Crippen molar-refractivity contribution in [1.29, 1.82) is 0 Å². The van der Waals surface area contributed by atoms with Crippen molar-refractivity contribution >= 4 is 11.9 Å². The van der Waals surface area contributed by atoms with Crippen LogP contribution in [0.1, 0.15) is 44.7 Å². The summed E-state index contributed by atoms with van der Waals surface area (Å²) < 4.78 is 0. The van der Waals surface area contributed by atoms with E-state index in [1.807, 2.05) is 18.2 Å². The summed E-state index contributed by atoms with van der Waals surface area (Å²) in [5.74, 6) is -1.13. The van der Waals surface area contributed by atoms with Gasteiger partial charge in [0, 0.05) is 43.4 Å². The van der Waals surface area contributed by atoms with Crippen LogP contribution < -0.4 is 0 Å². The monoisotopic (exact) mass is 359 g/mol. The maximum Gasteiger partial charge on any atom is 0.309 e. The van der Waals surface area contributed by atoms with E-state index in [0.717, 1.165) is 31.6 Å². The van der Waals surface area contributed by atoms with Gasteiger partial charge >= 0.3 is 5.97 Å². The summed E-state index contributed by atoms with van der Waals surface area (Å²) >= 11 is 0. The van der Waals surface area contributed by atoms with E-state index in [1.165, 1.54) is 0 Å². The van der Waals surface area contributed by atoms with Crippen LogP contribution in [0.5, 0.6) is 0 Å². The van der Waals surface area contributed by atoms with E-state index < -0.39 is 11.9 Å². The number of carbonyl (C=O) groups is 2. The zero-order valence-electron chi connectivity index (χ0n) is 15.7. The molecule has 2 atom stereocenters. The quantitative estimate of drug-likeness (QED) is 0.873. The molecule has 1 aromatic rings. The predicted octanol–water partition coefficient (Wildman–Crippen LogP) is 2.22. The summed E-state index contributed by atoms with van der Waals surface area (Å²) in [6, 6.07) is 6.10. The van der Waals surface area contributed by atoms with Crippen LogP contribution in [-0.2, 0) is 9.59 Å². The van der Waals surface area contributed by atoms with Crippen molar-refractivity contribution < 1.29 is 14.7 Å². The van der Waals surface area contributed by atoms with Crippen LogP contribution in [0.3, 0.4) is 0 Å². The van der Waals surface area contributed by atoms with Gasteiger partial charge in [-0.25, -0.2) is 0 Å². The number of carboxylic acid groups (broad SMARTS) is 1. The van der Waals surface area contributed by atoms with Crippen LogP contribution in [0.4, 0.5) is 0 Å². The van der Waals surface area contributed by atoms with Gasteiger partial charge in [-0.1, -0.05) is 6.07 Å². The highest BCUT2D eigenvalue weighted by molar-refractivity contribution is 5.79. The Kier molecular flexibility index (Phi) is 5.91. The Morgan fingerprint density at radius 1 is 1.23 bits per heavy atom. The maximum absolute atomic E-state index is 12.8. The molecule has 2 aliphatic heterocycles. The molecule has 0 unspecified atom stereocenters. The SMILES string of the molecule is CC(C)N1CCC(CC(=O)N2C[C@@H](C(=O)O)[C@H](c3ccccn3)C2)CC1. The fourth-order valence-corrected chi connectivity index (χ4v) is 4.20. The van der Waals surface area contributed by atoms with E-state index in [4.69, 9.17) is 0 Å². The normalized spacial score (nSPS) is 25.0. The number of nitrogens with zero attached hydrogens (tertiary/aromatic N) is 3. The molecule has 0 aliphatic carbocycles. The molecular weight excluding hydrogens is 330 g/mol. The van der Waals surface area contributed by atoms with Crippen LogP contribution >= 0.6 is 0 Å². The molecule has 3 heterocycles.